The van der Waals surface area contributed by atoms with Gasteiger partial charge in [0.15, 0.2) is 5.82 Å². The number of hydrogen-bond acceptors (Lipinski definition) is 4. The van der Waals surface area contributed by atoms with Crippen LogP contribution in [0.1, 0.15) is 5.56 Å². The molecule has 1 aromatic heterocycles. The zero-order valence-corrected chi connectivity index (χ0v) is 7.23. The number of rotatable bonds is 1. The molecule has 68 valence electrons. The van der Waals surface area contributed by atoms with Gasteiger partial charge in [0.1, 0.15) is 6.07 Å². The van der Waals surface area contributed by atoms with E-state index in [-0.39, 0.29) is 5.82 Å². The van der Waals surface area contributed by atoms with Gasteiger partial charge in [-0.3, -0.25) is 10.7 Å². The summed E-state index contributed by atoms with van der Waals surface area (Å²) in [5.74, 6) is 0.186. The van der Waals surface area contributed by atoms with E-state index < -0.39 is 0 Å². The summed E-state index contributed by atoms with van der Waals surface area (Å²) < 4.78 is 0. The number of nitrogens with one attached hydrogen (secondary N) is 1. The molecule has 0 saturated heterocycles. The Labute approximate surface area is 80.4 Å². The number of fused-ring (bicyclic) bond motifs is 1. The third-order valence-corrected chi connectivity index (χ3v) is 1.95. The maximum absolute atomic E-state index is 8.77. The Balaban J connectivity index is 2.77. The number of nitrogens with zero attached hydrogens (tertiary/aromatic N) is 2. The van der Waals surface area contributed by atoms with Crippen molar-refractivity contribution < 1.29 is 5.21 Å². The van der Waals surface area contributed by atoms with Crippen molar-refractivity contribution >= 4 is 16.7 Å². The molecule has 0 aliphatic rings. The Morgan fingerprint density at radius 2 is 2.14 bits per heavy atom. The summed E-state index contributed by atoms with van der Waals surface area (Å²) in [5, 5.41) is 18.4. The van der Waals surface area contributed by atoms with Crippen LogP contribution in [0.5, 0.6) is 0 Å². The lowest BCUT2D eigenvalue weighted by atomic mass is 10.1. The molecule has 4 heteroatoms. The van der Waals surface area contributed by atoms with Gasteiger partial charge in [-0.2, -0.15) is 5.26 Å². The molecule has 0 radical (unpaired) electrons. The summed E-state index contributed by atoms with van der Waals surface area (Å²) in [7, 11) is 0. The Morgan fingerprint density at radius 3 is 2.86 bits per heavy atom. The van der Waals surface area contributed by atoms with Crippen molar-refractivity contribution in [1.82, 2.24) is 4.98 Å². The van der Waals surface area contributed by atoms with Gasteiger partial charge in [0, 0.05) is 5.39 Å². The highest BCUT2D eigenvalue weighted by molar-refractivity contribution is 5.82. The SMILES string of the molecule is N#Cc1cc2ccccc2nc1NO. The molecule has 2 rings (SSSR count). The van der Waals surface area contributed by atoms with Gasteiger partial charge in [-0.15, -0.1) is 0 Å². The van der Waals surface area contributed by atoms with E-state index in [0.29, 0.717) is 5.56 Å². The Hall–Kier alpha value is -2.12. The zero-order chi connectivity index (χ0) is 9.97. The van der Waals surface area contributed by atoms with Crippen LogP contribution in [0.2, 0.25) is 0 Å². The molecular formula is C10H7N3O. The molecule has 0 aliphatic carbocycles. The fraction of sp³-hybridized carbons (Fsp3) is 0. The van der Waals surface area contributed by atoms with Crippen molar-refractivity contribution in [3.05, 3.63) is 35.9 Å². The molecular weight excluding hydrogens is 178 g/mol. The average molecular weight is 185 g/mol. The van der Waals surface area contributed by atoms with Crippen LogP contribution >= 0.6 is 0 Å². The van der Waals surface area contributed by atoms with Crippen LogP contribution in [0.4, 0.5) is 5.82 Å². The summed E-state index contributed by atoms with van der Waals surface area (Å²) in [6.07, 6.45) is 0. The molecule has 0 atom stereocenters. The van der Waals surface area contributed by atoms with E-state index in [4.69, 9.17) is 10.5 Å². The van der Waals surface area contributed by atoms with Crippen molar-refractivity contribution in [2.75, 3.05) is 5.48 Å². The number of hydrogen-bond donors (Lipinski definition) is 2. The third kappa shape index (κ3) is 1.26. The fourth-order valence-electron chi connectivity index (χ4n) is 1.29. The summed E-state index contributed by atoms with van der Waals surface area (Å²) >= 11 is 0. The van der Waals surface area contributed by atoms with Crippen LogP contribution < -0.4 is 5.48 Å². The second kappa shape index (κ2) is 3.32. The standard InChI is InChI=1S/C10H7N3O/c11-6-8-5-7-3-1-2-4-9(7)12-10(8)13-14/h1-5,14H,(H,12,13). The Bertz CT molecular complexity index is 516. The van der Waals surface area contributed by atoms with Gasteiger partial charge in [-0.05, 0) is 12.1 Å². The lowest BCUT2D eigenvalue weighted by Crippen LogP contribution is -1.97. The largest absolute Gasteiger partial charge is 0.290 e. The monoisotopic (exact) mass is 185 g/mol. The van der Waals surface area contributed by atoms with Crippen LogP contribution in [0, 0.1) is 11.3 Å². The van der Waals surface area contributed by atoms with E-state index in [0.717, 1.165) is 10.9 Å². The van der Waals surface area contributed by atoms with Crippen LogP contribution in [-0.2, 0) is 0 Å². The first-order valence-electron chi connectivity index (χ1n) is 4.05. The predicted octanol–water partition coefficient (Wildman–Crippen LogP) is 1.91. The van der Waals surface area contributed by atoms with Crippen LogP contribution in [0.3, 0.4) is 0 Å². The molecule has 2 N–H and O–H groups in total. The topological polar surface area (TPSA) is 68.9 Å². The number of anilines is 1. The molecule has 1 heterocycles. The normalized spacial score (nSPS) is 9.71. The molecule has 4 nitrogen and oxygen atoms in total. The van der Waals surface area contributed by atoms with Crippen LogP contribution in [0.25, 0.3) is 10.9 Å². The van der Waals surface area contributed by atoms with Gasteiger partial charge in [-0.1, -0.05) is 18.2 Å². The van der Waals surface area contributed by atoms with E-state index in [2.05, 4.69) is 4.98 Å². The lowest BCUT2D eigenvalue weighted by Gasteiger charge is -2.02. The predicted molar refractivity (Wildman–Crippen MR) is 51.9 cm³/mol. The highest BCUT2D eigenvalue weighted by atomic mass is 16.5. The van der Waals surface area contributed by atoms with Gasteiger partial charge in [-0.25, -0.2) is 4.98 Å². The molecule has 1 aromatic carbocycles. The average Bonchev–Trinajstić information content (AvgIpc) is 2.27. The first-order chi connectivity index (χ1) is 6.85. The number of nitriles is 1. The minimum atomic E-state index is 0.186. The van der Waals surface area contributed by atoms with Crippen molar-refractivity contribution in [1.29, 1.82) is 5.26 Å². The molecule has 0 aliphatic heterocycles. The lowest BCUT2D eigenvalue weighted by molar-refractivity contribution is 0.386. The van der Waals surface area contributed by atoms with Crippen LogP contribution in [-0.4, -0.2) is 10.2 Å². The molecule has 0 unspecified atom stereocenters. The summed E-state index contributed by atoms with van der Waals surface area (Å²) in [5.41, 5.74) is 2.97. The van der Waals surface area contributed by atoms with Gasteiger partial charge < -0.3 is 0 Å². The minimum Gasteiger partial charge on any atom is -0.290 e. The van der Waals surface area contributed by atoms with Crippen molar-refractivity contribution in [3.63, 3.8) is 0 Å². The van der Waals surface area contributed by atoms with E-state index in [1.165, 1.54) is 0 Å². The number of pyridine rings is 1. The highest BCUT2D eigenvalue weighted by Gasteiger charge is 2.04. The van der Waals surface area contributed by atoms with Gasteiger partial charge >= 0.3 is 0 Å². The fourth-order valence-corrected chi connectivity index (χ4v) is 1.29. The maximum atomic E-state index is 8.77. The quantitative estimate of drug-likeness (QED) is 0.666. The molecule has 0 fully saturated rings. The second-order valence-electron chi connectivity index (χ2n) is 2.80. The van der Waals surface area contributed by atoms with Gasteiger partial charge in [0.05, 0.1) is 11.1 Å². The number of aromatic nitrogens is 1. The highest BCUT2D eigenvalue weighted by Crippen LogP contribution is 2.18. The van der Waals surface area contributed by atoms with Crippen molar-refractivity contribution in [2.45, 2.75) is 0 Å². The number of benzene rings is 1. The number of para-hydroxylation sites is 1. The molecule has 2 aromatic rings. The first-order valence-corrected chi connectivity index (χ1v) is 4.05. The van der Waals surface area contributed by atoms with Crippen LogP contribution in [0.15, 0.2) is 30.3 Å². The van der Waals surface area contributed by atoms with E-state index in [1.807, 2.05) is 35.8 Å². The summed E-state index contributed by atoms with van der Waals surface area (Å²) in [4.78, 5) is 4.08. The Kier molecular flexibility index (Phi) is 2.01. The molecule has 14 heavy (non-hydrogen) atoms. The Morgan fingerprint density at radius 1 is 1.36 bits per heavy atom. The van der Waals surface area contributed by atoms with E-state index >= 15 is 0 Å². The second-order valence-corrected chi connectivity index (χ2v) is 2.80. The summed E-state index contributed by atoms with van der Waals surface area (Å²) in [6, 6.07) is 11.0. The van der Waals surface area contributed by atoms with Gasteiger partial charge in [0.25, 0.3) is 0 Å². The van der Waals surface area contributed by atoms with Gasteiger partial charge in [0.2, 0.25) is 0 Å². The minimum absolute atomic E-state index is 0.186. The molecule has 0 amide bonds. The zero-order valence-electron chi connectivity index (χ0n) is 7.23. The molecule has 0 spiro atoms. The molecule has 0 bridgehead atoms. The van der Waals surface area contributed by atoms with E-state index in [1.54, 1.807) is 6.07 Å². The first kappa shape index (κ1) is 8.48. The maximum Gasteiger partial charge on any atom is 0.168 e. The molecule has 0 saturated carbocycles. The van der Waals surface area contributed by atoms with E-state index in [9.17, 15) is 0 Å². The smallest absolute Gasteiger partial charge is 0.168 e. The van der Waals surface area contributed by atoms with Crippen molar-refractivity contribution in [2.24, 2.45) is 0 Å². The summed E-state index contributed by atoms with van der Waals surface area (Å²) in [6.45, 7) is 0. The third-order valence-electron chi connectivity index (χ3n) is 1.95. The van der Waals surface area contributed by atoms with Crippen molar-refractivity contribution in [3.8, 4) is 6.07 Å².